The van der Waals surface area contributed by atoms with Gasteiger partial charge >= 0.3 is 0 Å². The Labute approximate surface area is 124 Å². The second kappa shape index (κ2) is 5.31. The van der Waals surface area contributed by atoms with Crippen LogP contribution in [0.25, 0.3) is 10.6 Å². The summed E-state index contributed by atoms with van der Waals surface area (Å²) in [5.41, 5.74) is 1.68. The third-order valence-corrected chi connectivity index (χ3v) is 5.29. The van der Waals surface area contributed by atoms with Gasteiger partial charge in [0.1, 0.15) is 10.8 Å². The van der Waals surface area contributed by atoms with E-state index in [1.54, 1.807) is 17.4 Å². The van der Waals surface area contributed by atoms with Crippen molar-refractivity contribution in [3.8, 4) is 10.6 Å². The summed E-state index contributed by atoms with van der Waals surface area (Å²) in [4.78, 5) is 5.97. The Morgan fingerprint density at radius 1 is 1.47 bits per heavy atom. The minimum atomic E-state index is -0.221. The lowest BCUT2D eigenvalue weighted by Crippen LogP contribution is -2.21. The van der Waals surface area contributed by atoms with E-state index in [9.17, 15) is 4.39 Å². The molecule has 1 aromatic heterocycles. The van der Waals surface area contributed by atoms with Gasteiger partial charge in [-0.1, -0.05) is 6.07 Å². The monoisotopic (exact) mass is 340 g/mol. The summed E-state index contributed by atoms with van der Waals surface area (Å²) in [6.45, 7) is 0. The Morgan fingerprint density at radius 2 is 2.32 bits per heavy atom. The van der Waals surface area contributed by atoms with Gasteiger partial charge in [0, 0.05) is 9.35 Å². The van der Waals surface area contributed by atoms with Crippen molar-refractivity contribution < 1.29 is 4.39 Å². The Morgan fingerprint density at radius 3 is 3.05 bits per heavy atom. The predicted molar refractivity (Wildman–Crippen MR) is 79.9 cm³/mol. The van der Waals surface area contributed by atoms with Crippen LogP contribution >= 0.6 is 27.3 Å². The largest absolute Gasteiger partial charge is 0.312 e. The topological polar surface area (TPSA) is 24.9 Å². The average Bonchev–Trinajstić information content (AvgIpc) is 2.81. The smallest absolute Gasteiger partial charge is 0.134 e. The minimum Gasteiger partial charge on any atom is -0.312 e. The van der Waals surface area contributed by atoms with Gasteiger partial charge in [-0.2, -0.15) is 0 Å². The highest BCUT2D eigenvalue weighted by Gasteiger charge is 2.25. The van der Waals surface area contributed by atoms with Crippen molar-refractivity contribution in [2.24, 2.45) is 0 Å². The van der Waals surface area contributed by atoms with Crippen LogP contribution in [-0.2, 0) is 6.42 Å². The van der Waals surface area contributed by atoms with Crippen LogP contribution in [-0.4, -0.2) is 12.0 Å². The first-order valence-electron chi connectivity index (χ1n) is 6.32. The number of hydrogen-bond acceptors (Lipinski definition) is 3. The highest BCUT2D eigenvalue weighted by atomic mass is 79.9. The zero-order valence-corrected chi connectivity index (χ0v) is 12.9. The highest BCUT2D eigenvalue weighted by molar-refractivity contribution is 9.10. The van der Waals surface area contributed by atoms with Crippen LogP contribution in [0.4, 0.5) is 4.39 Å². The number of aromatic nitrogens is 1. The Balaban J connectivity index is 2.10. The van der Waals surface area contributed by atoms with Crippen LogP contribution in [0.1, 0.15) is 29.5 Å². The zero-order chi connectivity index (χ0) is 13.4. The van der Waals surface area contributed by atoms with E-state index in [2.05, 4.69) is 26.2 Å². The molecule has 0 amide bonds. The van der Waals surface area contributed by atoms with Gasteiger partial charge in [0.2, 0.25) is 0 Å². The van der Waals surface area contributed by atoms with E-state index in [0.29, 0.717) is 11.6 Å². The van der Waals surface area contributed by atoms with E-state index in [1.807, 2.05) is 13.1 Å². The van der Waals surface area contributed by atoms with Crippen molar-refractivity contribution in [2.45, 2.75) is 25.3 Å². The first kappa shape index (κ1) is 13.2. The molecule has 1 N–H and O–H groups in total. The third kappa shape index (κ3) is 2.35. The van der Waals surface area contributed by atoms with E-state index in [4.69, 9.17) is 0 Å². The molecule has 19 heavy (non-hydrogen) atoms. The van der Waals surface area contributed by atoms with Crippen LogP contribution in [0.15, 0.2) is 22.7 Å². The molecule has 0 saturated heterocycles. The van der Waals surface area contributed by atoms with Crippen molar-refractivity contribution in [1.29, 1.82) is 0 Å². The third-order valence-electron chi connectivity index (χ3n) is 3.48. The number of hydrogen-bond donors (Lipinski definition) is 1. The fraction of sp³-hybridized carbons (Fsp3) is 0.357. The van der Waals surface area contributed by atoms with Crippen LogP contribution in [0, 0.1) is 5.82 Å². The number of aryl methyl sites for hydroxylation is 1. The number of fused-ring (bicyclic) bond motifs is 1. The van der Waals surface area contributed by atoms with Crippen LogP contribution < -0.4 is 5.32 Å². The molecule has 1 heterocycles. The highest BCUT2D eigenvalue weighted by Crippen LogP contribution is 2.39. The first-order chi connectivity index (χ1) is 9.20. The molecular weight excluding hydrogens is 327 g/mol. The molecule has 0 fully saturated rings. The van der Waals surface area contributed by atoms with E-state index in [0.717, 1.165) is 28.0 Å². The number of benzene rings is 1. The molecule has 0 bridgehead atoms. The minimum absolute atomic E-state index is 0.221. The fourth-order valence-electron chi connectivity index (χ4n) is 2.51. The molecule has 0 spiro atoms. The molecule has 0 aliphatic heterocycles. The lowest BCUT2D eigenvalue weighted by Gasteiger charge is -2.19. The molecule has 0 saturated carbocycles. The lowest BCUT2D eigenvalue weighted by atomic mass is 9.98. The molecule has 1 atom stereocenters. The molecule has 2 aromatic rings. The van der Waals surface area contributed by atoms with Gasteiger partial charge in [-0.15, -0.1) is 11.3 Å². The number of thiazole rings is 1. The van der Waals surface area contributed by atoms with Crippen LogP contribution in [0.5, 0.6) is 0 Å². The second-order valence-electron chi connectivity index (χ2n) is 4.66. The summed E-state index contributed by atoms with van der Waals surface area (Å²) < 4.78 is 14.8. The summed E-state index contributed by atoms with van der Waals surface area (Å²) in [6, 6.07) is 5.34. The van der Waals surface area contributed by atoms with Gasteiger partial charge in [-0.25, -0.2) is 9.37 Å². The summed E-state index contributed by atoms with van der Waals surface area (Å²) in [6.07, 6.45) is 3.32. The summed E-state index contributed by atoms with van der Waals surface area (Å²) in [5.74, 6) is -0.221. The van der Waals surface area contributed by atoms with Gasteiger partial charge < -0.3 is 5.32 Å². The Hall–Kier alpha value is -0.780. The first-order valence-corrected chi connectivity index (χ1v) is 7.93. The number of halogens is 2. The lowest BCUT2D eigenvalue weighted by molar-refractivity contribution is 0.490. The summed E-state index contributed by atoms with van der Waals surface area (Å²) in [5, 5.41) is 4.07. The van der Waals surface area contributed by atoms with Gasteiger partial charge in [-0.05, 0) is 54.4 Å². The SMILES string of the molecule is CNC1CCCc2sc(-c3c(F)cccc3Br)nc21. The molecule has 2 nitrogen and oxygen atoms in total. The van der Waals surface area contributed by atoms with E-state index < -0.39 is 0 Å². The second-order valence-corrected chi connectivity index (χ2v) is 6.60. The van der Waals surface area contributed by atoms with Crippen molar-refractivity contribution in [2.75, 3.05) is 7.05 Å². The van der Waals surface area contributed by atoms with Gasteiger partial charge in [-0.3, -0.25) is 0 Å². The van der Waals surface area contributed by atoms with E-state index in [-0.39, 0.29) is 5.82 Å². The quantitative estimate of drug-likeness (QED) is 0.881. The summed E-state index contributed by atoms with van der Waals surface area (Å²) >= 11 is 5.04. The van der Waals surface area contributed by atoms with Crippen LogP contribution in [0.2, 0.25) is 0 Å². The standard InChI is InChI=1S/C14H14BrFN2S/c1-17-10-6-3-7-11-13(10)18-14(19-11)12-8(15)4-2-5-9(12)16/h2,4-5,10,17H,3,6-7H2,1H3. The van der Waals surface area contributed by atoms with Crippen molar-refractivity contribution in [1.82, 2.24) is 10.3 Å². The Bertz CT molecular complexity index is 591. The fourth-order valence-corrected chi connectivity index (χ4v) is 4.40. The maximum Gasteiger partial charge on any atom is 0.134 e. The number of nitrogens with one attached hydrogen (secondary N) is 1. The maximum atomic E-state index is 14.0. The molecule has 5 heteroatoms. The van der Waals surface area contributed by atoms with Crippen molar-refractivity contribution >= 4 is 27.3 Å². The normalized spacial score (nSPS) is 18.4. The average molecular weight is 341 g/mol. The van der Waals surface area contributed by atoms with Gasteiger partial charge in [0.05, 0.1) is 17.3 Å². The zero-order valence-electron chi connectivity index (χ0n) is 10.5. The number of rotatable bonds is 2. The van der Waals surface area contributed by atoms with Crippen molar-refractivity contribution in [3.05, 3.63) is 39.1 Å². The maximum absolute atomic E-state index is 14.0. The molecule has 3 rings (SSSR count). The van der Waals surface area contributed by atoms with Gasteiger partial charge in [0.25, 0.3) is 0 Å². The molecule has 100 valence electrons. The van der Waals surface area contributed by atoms with E-state index in [1.165, 1.54) is 17.4 Å². The molecule has 0 radical (unpaired) electrons. The molecule has 1 aliphatic rings. The molecule has 1 aromatic carbocycles. The van der Waals surface area contributed by atoms with Crippen molar-refractivity contribution in [3.63, 3.8) is 0 Å². The predicted octanol–water partition coefficient (Wildman–Crippen LogP) is 4.31. The molecule has 1 aliphatic carbocycles. The molecular formula is C14H14BrFN2S. The number of nitrogens with zero attached hydrogens (tertiary/aromatic N) is 1. The molecule has 1 unspecified atom stereocenters. The Kier molecular flexibility index (Phi) is 3.69. The van der Waals surface area contributed by atoms with Crippen LogP contribution in [0.3, 0.4) is 0 Å². The van der Waals surface area contributed by atoms with E-state index >= 15 is 0 Å². The van der Waals surface area contributed by atoms with Gasteiger partial charge in [0.15, 0.2) is 0 Å². The summed E-state index contributed by atoms with van der Waals surface area (Å²) in [7, 11) is 1.96.